The Morgan fingerprint density at radius 2 is 1.76 bits per heavy atom. The highest BCUT2D eigenvalue weighted by Crippen LogP contribution is 2.30. The summed E-state index contributed by atoms with van der Waals surface area (Å²) in [6.45, 7) is 0.441. The van der Waals surface area contributed by atoms with Crippen molar-refractivity contribution in [2.24, 2.45) is 5.73 Å². The summed E-state index contributed by atoms with van der Waals surface area (Å²) in [5.41, 5.74) is 4.57. The molecule has 0 aliphatic heterocycles. The highest BCUT2D eigenvalue weighted by Gasteiger charge is 2.27. The lowest BCUT2D eigenvalue weighted by Crippen LogP contribution is -2.25. The second-order valence-electron chi connectivity index (χ2n) is 3.95. The molecule has 0 unspecified atom stereocenters. The first kappa shape index (κ1) is 13.8. The fourth-order valence-electron chi connectivity index (χ4n) is 1.32. The minimum Gasteiger partial charge on any atom is -0.435 e. The smallest absolute Gasteiger partial charge is 0.387 e. The molecular weight excluding hydrogens is 238 g/mol. The van der Waals surface area contributed by atoms with E-state index in [4.69, 9.17) is 0 Å². The third-order valence-electron chi connectivity index (χ3n) is 2.21. The molecule has 0 spiro atoms. The average molecular weight is 251 g/mol. The summed E-state index contributed by atoms with van der Waals surface area (Å²) < 4.78 is 54.1. The van der Waals surface area contributed by atoms with Crippen LogP contribution in [-0.2, 0) is 6.05 Å². The average Bonchev–Trinajstić information content (AvgIpc) is 2.14. The van der Waals surface area contributed by atoms with Gasteiger partial charge in [-0.25, -0.2) is 0 Å². The highest BCUT2D eigenvalue weighted by atomic mass is 19.3. The van der Waals surface area contributed by atoms with Gasteiger partial charge in [-0.15, -0.1) is 0 Å². The molecule has 0 aromatic heterocycles. The van der Waals surface area contributed by atoms with Crippen LogP contribution in [0.3, 0.4) is 0 Å². The van der Waals surface area contributed by atoms with Crippen LogP contribution in [0.4, 0.5) is 17.6 Å². The van der Waals surface area contributed by atoms with E-state index in [0.29, 0.717) is 5.56 Å². The van der Waals surface area contributed by atoms with Gasteiger partial charge in [0.25, 0.3) is 0 Å². The molecule has 0 saturated carbocycles. The van der Waals surface area contributed by atoms with E-state index in [0.717, 1.165) is 6.07 Å². The predicted molar refractivity (Wildman–Crippen MR) is 55.2 cm³/mol. The summed E-state index contributed by atoms with van der Waals surface area (Å²) in [7, 11) is 0. The molecule has 0 amide bonds. The van der Waals surface area contributed by atoms with E-state index < -0.39 is 18.2 Å². The first-order valence-electron chi connectivity index (χ1n) is 4.97. The summed E-state index contributed by atoms with van der Waals surface area (Å²) in [5.74, 6) is -0.413. The van der Waals surface area contributed by atoms with Gasteiger partial charge in [-0.3, -0.25) is 5.73 Å². The van der Waals surface area contributed by atoms with Gasteiger partial charge in [0.05, 0.1) is 0 Å². The summed E-state index contributed by atoms with van der Waals surface area (Å²) in [4.78, 5) is 0. The zero-order valence-corrected chi connectivity index (χ0v) is 9.38. The normalized spacial score (nSPS) is 12.3. The Kier molecular flexibility index (Phi) is 3.98. The minimum atomic E-state index is -3.58. The van der Waals surface area contributed by atoms with Crippen molar-refractivity contribution in [1.82, 2.24) is 0 Å². The molecule has 0 aliphatic carbocycles. The van der Waals surface area contributed by atoms with Crippen LogP contribution < -0.4 is 10.5 Å². The van der Waals surface area contributed by atoms with Crippen molar-refractivity contribution < 1.29 is 22.3 Å². The van der Waals surface area contributed by atoms with Gasteiger partial charge in [0, 0.05) is 5.56 Å². The fraction of sp³-hybridized carbons (Fsp3) is 0.455. The number of nitrogens with two attached hydrogens (primary N) is 1. The molecule has 2 nitrogen and oxygen atoms in total. The predicted octanol–water partition coefficient (Wildman–Crippen LogP) is 3.42. The third-order valence-corrected chi connectivity index (χ3v) is 2.21. The maximum absolute atomic E-state index is 13.0. The number of hydrogen-bond donors (Lipinski definition) is 1. The van der Waals surface area contributed by atoms with Crippen LogP contribution in [0.25, 0.3) is 0 Å². The molecule has 2 N–H and O–H groups in total. The Hall–Kier alpha value is -1.30. The van der Waals surface area contributed by atoms with E-state index in [2.05, 4.69) is 10.5 Å². The first-order valence-corrected chi connectivity index (χ1v) is 4.97. The molecule has 96 valence electrons. The zero-order valence-electron chi connectivity index (χ0n) is 9.38. The van der Waals surface area contributed by atoms with Crippen LogP contribution in [0.2, 0.25) is 0 Å². The third kappa shape index (κ3) is 3.89. The molecule has 0 fully saturated rings. The molecule has 1 rings (SSSR count). The Labute approximate surface area is 96.4 Å². The minimum absolute atomic E-state index is 0.0997. The zero-order chi connectivity index (χ0) is 13.2. The first-order chi connectivity index (χ1) is 7.70. The van der Waals surface area contributed by atoms with E-state index in [-0.39, 0.29) is 11.7 Å². The summed E-state index contributed by atoms with van der Waals surface area (Å²) in [5, 5.41) is 0. The van der Waals surface area contributed by atoms with Crippen molar-refractivity contribution in [2.75, 3.05) is 0 Å². The van der Waals surface area contributed by atoms with Gasteiger partial charge in [-0.05, 0) is 29.7 Å². The number of halogens is 4. The summed E-state index contributed by atoms with van der Waals surface area (Å²) in [6.07, 6.45) is 0. The lowest BCUT2D eigenvalue weighted by atomic mass is 9.99. The highest BCUT2D eigenvalue weighted by molar-refractivity contribution is 5.37. The van der Waals surface area contributed by atoms with Crippen molar-refractivity contribution >= 4 is 0 Å². The van der Waals surface area contributed by atoms with Crippen LogP contribution in [0.5, 0.6) is 5.75 Å². The van der Waals surface area contributed by atoms with Crippen molar-refractivity contribution in [3.8, 4) is 5.75 Å². The number of rotatable bonds is 4. The Bertz CT molecular complexity index is 388. The number of alkyl halides is 4. The lowest BCUT2D eigenvalue weighted by Gasteiger charge is -2.16. The number of ether oxygens (including phenoxy) is 1. The molecule has 0 bridgehead atoms. The Morgan fingerprint density at radius 3 is 2.18 bits per heavy atom. The van der Waals surface area contributed by atoms with Crippen LogP contribution in [-0.4, -0.2) is 6.61 Å². The lowest BCUT2D eigenvalue weighted by molar-refractivity contribution is -0.0507. The molecular formula is C11H13F4NO. The largest absolute Gasteiger partial charge is 0.435 e. The second kappa shape index (κ2) is 4.91. The maximum Gasteiger partial charge on any atom is 0.387 e. The number of hydrogen-bond acceptors (Lipinski definition) is 2. The molecule has 0 aliphatic rings. The van der Waals surface area contributed by atoms with Crippen molar-refractivity contribution in [3.05, 3.63) is 29.3 Å². The molecule has 0 saturated heterocycles. The van der Waals surface area contributed by atoms with Gasteiger partial charge in [-0.1, -0.05) is 13.8 Å². The molecule has 1 aromatic carbocycles. The molecule has 0 radical (unpaired) electrons. The van der Waals surface area contributed by atoms with Crippen LogP contribution in [0.1, 0.15) is 30.9 Å². The maximum atomic E-state index is 13.0. The number of benzene rings is 1. The standard InChI is InChI=1S/C11H13F4NO/c1-6(2)7-3-8(11(14,15)16)5-9(4-7)17-10(12)13/h3-6,10H,16H2,1-2H3. The summed E-state index contributed by atoms with van der Waals surface area (Å²) in [6, 6.07) is -0.280. The van der Waals surface area contributed by atoms with Gasteiger partial charge < -0.3 is 4.74 Å². The van der Waals surface area contributed by atoms with Crippen molar-refractivity contribution in [2.45, 2.75) is 32.4 Å². The Balaban J connectivity index is 3.19. The summed E-state index contributed by atoms with van der Waals surface area (Å²) >= 11 is 0. The van der Waals surface area contributed by atoms with Gasteiger partial charge >= 0.3 is 12.7 Å². The van der Waals surface area contributed by atoms with Crippen molar-refractivity contribution in [1.29, 1.82) is 0 Å². The van der Waals surface area contributed by atoms with Gasteiger partial charge in [0.15, 0.2) is 0 Å². The monoisotopic (exact) mass is 251 g/mol. The SMILES string of the molecule is CC(C)c1cc(OC(F)F)cc(C(N)(F)F)c1. The molecule has 1 aromatic rings. The van der Waals surface area contributed by atoms with Gasteiger partial charge in [0.1, 0.15) is 5.75 Å². The molecule has 0 atom stereocenters. The second-order valence-corrected chi connectivity index (χ2v) is 3.95. The fourth-order valence-corrected chi connectivity index (χ4v) is 1.32. The van der Waals surface area contributed by atoms with Crippen LogP contribution in [0.15, 0.2) is 18.2 Å². The van der Waals surface area contributed by atoms with Crippen LogP contribution >= 0.6 is 0 Å². The van der Waals surface area contributed by atoms with E-state index >= 15 is 0 Å². The van der Waals surface area contributed by atoms with E-state index in [9.17, 15) is 17.6 Å². The van der Waals surface area contributed by atoms with Gasteiger partial charge in [-0.2, -0.15) is 17.6 Å². The topological polar surface area (TPSA) is 35.2 Å². The van der Waals surface area contributed by atoms with E-state index in [1.165, 1.54) is 12.1 Å². The molecule has 17 heavy (non-hydrogen) atoms. The molecule has 0 heterocycles. The molecule has 6 heteroatoms. The quantitative estimate of drug-likeness (QED) is 0.657. The Morgan fingerprint density at radius 1 is 1.18 bits per heavy atom. The van der Waals surface area contributed by atoms with E-state index in [1.807, 2.05) is 0 Å². The van der Waals surface area contributed by atoms with Crippen LogP contribution in [0, 0.1) is 0 Å². The van der Waals surface area contributed by atoms with Crippen molar-refractivity contribution in [3.63, 3.8) is 0 Å². The van der Waals surface area contributed by atoms with E-state index in [1.54, 1.807) is 13.8 Å². The van der Waals surface area contributed by atoms with Gasteiger partial charge in [0.2, 0.25) is 0 Å².